The van der Waals surface area contributed by atoms with Crippen molar-refractivity contribution in [3.05, 3.63) is 65.7 Å². The van der Waals surface area contributed by atoms with Crippen LogP contribution in [-0.4, -0.2) is 5.91 Å². The molecule has 0 spiro atoms. The molecule has 2 aromatic carbocycles. The summed E-state index contributed by atoms with van der Waals surface area (Å²) in [6.07, 6.45) is 8.47. The quantitative estimate of drug-likeness (QED) is 0.507. The van der Waals surface area contributed by atoms with E-state index in [0.717, 1.165) is 11.1 Å². The maximum absolute atomic E-state index is 11.8. The normalized spacial score (nSPS) is 10.2. The Hall–Kier alpha value is -2.99. The topological polar surface area (TPSA) is 55.1 Å². The van der Waals surface area contributed by atoms with Gasteiger partial charge >= 0.3 is 0 Å². The lowest BCUT2D eigenvalue weighted by molar-refractivity contribution is -0.111. The molecule has 0 bridgehead atoms. The minimum absolute atomic E-state index is 0.221. The van der Waals surface area contributed by atoms with Crippen LogP contribution in [0.25, 0.3) is 6.08 Å². The van der Waals surface area contributed by atoms with Crippen LogP contribution in [0.4, 0.5) is 11.4 Å². The number of amides is 1. The first-order valence-corrected chi connectivity index (χ1v) is 6.08. The monoisotopic (exact) mass is 262 g/mol. The van der Waals surface area contributed by atoms with Crippen molar-refractivity contribution in [3.63, 3.8) is 0 Å². The van der Waals surface area contributed by atoms with Gasteiger partial charge in [-0.3, -0.25) is 4.79 Å². The lowest BCUT2D eigenvalue weighted by atomic mass is 10.2. The van der Waals surface area contributed by atoms with E-state index in [1.165, 1.54) is 6.08 Å². The van der Waals surface area contributed by atoms with E-state index in [1.54, 1.807) is 42.5 Å². The first-order valence-electron chi connectivity index (χ1n) is 6.08. The standard InChI is InChI=1S/C17H14N2O/c1-2-13-5-4-8-16(12-13)19-17(20)10-9-14-6-3-7-15(18)11-14/h1,3-12H,18H2,(H,19,20)/b10-9+. The minimum atomic E-state index is -0.221. The van der Waals surface area contributed by atoms with Crippen LogP contribution in [0.3, 0.4) is 0 Å². The summed E-state index contributed by atoms with van der Waals surface area (Å²) >= 11 is 0. The van der Waals surface area contributed by atoms with Crippen LogP contribution >= 0.6 is 0 Å². The number of hydrogen-bond donors (Lipinski definition) is 2. The van der Waals surface area contributed by atoms with Crippen molar-refractivity contribution < 1.29 is 4.79 Å². The highest BCUT2D eigenvalue weighted by atomic mass is 16.1. The average molecular weight is 262 g/mol. The van der Waals surface area contributed by atoms with Crippen molar-refractivity contribution in [2.45, 2.75) is 0 Å². The number of nitrogens with two attached hydrogens (primary N) is 1. The summed E-state index contributed by atoms with van der Waals surface area (Å²) in [6, 6.07) is 14.4. The SMILES string of the molecule is C#Cc1cccc(NC(=O)/C=C/c2cccc(N)c2)c1. The van der Waals surface area contributed by atoms with Gasteiger partial charge in [-0.15, -0.1) is 6.42 Å². The molecule has 0 fully saturated rings. The van der Waals surface area contributed by atoms with Gasteiger partial charge in [0.15, 0.2) is 0 Å². The lowest BCUT2D eigenvalue weighted by Crippen LogP contribution is -2.07. The molecule has 2 aromatic rings. The molecule has 20 heavy (non-hydrogen) atoms. The molecule has 0 unspecified atom stereocenters. The molecule has 3 nitrogen and oxygen atoms in total. The highest BCUT2D eigenvalue weighted by Gasteiger charge is 1.98. The van der Waals surface area contributed by atoms with Crippen molar-refractivity contribution in [2.75, 3.05) is 11.1 Å². The molecular weight excluding hydrogens is 248 g/mol. The average Bonchev–Trinajstić information content (AvgIpc) is 2.45. The van der Waals surface area contributed by atoms with Crippen LogP contribution in [0.1, 0.15) is 11.1 Å². The number of anilines is 2. The Morgan fingerprint density at radius 3 is 2.75 bits per heavy atom. The predicted molar refractivity (Wildman–Crippen MR) is 82.9 cm³/mol. The molecule has 0 atom stereocenters. The van der Waals surface area contributed by atoms with Crippen molar-refractivity contribution in [3.8, 4) is 12.3 Å². The first-order chi connectivity index (χ1) is 9.67. The molecular formula is C17H14N2O. The number of nitrogens with one attached hydrogen (secondary N) is 1. The van der Waals surface area contributed by atoms with Gasteiger partial charge in [-0.1, -0.05) is 24.1 Å². The van der Waals surface area contributed by atoms with E-state index in [1.807, 2.05) is 12.1 Å². The van der Waals surface area contributed by atoms with Gasteiger partial charge in [0.05, 0.1) is 0 Å². The Balaban J connectivity index is 2.04. The Morgan fingerprint density at radius 1 is 1.20 bits per heavy atom. The van der Waals surface area contributed by atoms with E-state index in [2.05, 4.69) is 11.2 Å². The summed E-state index contributed by atoms with van der Waals surface area (Å²) < 4.78 is 0. The van der Waals surface area contributed by atoms with Gasteiger partial charge in [-0.25, -0.2) is 0 Å². The third kappa shape index (κ3) is 3.76. The van der Waals surface area contributed by atoms with Crippen molar-refractivity contribution in [1.82, 2.24) is 0 Å². The number of hydrogen-bond acceptors (Lipinski definition) is 2. The van der Waals surface area contributed by atoms with Gasteiger partial charge in [-0.2, -0.15) is 0 Å². The van der Waals surface area contributed by atoms with Crippen molar-refractivity contribution in [1.29, 1.82) is 0 Å². The molecule has 98 valence electrons. The van der Waals surface area contributed by atoms with Crippen LogP contribution in [0.2, 0.25) is 0 Å². The van der Waals surface area contributed by atoms with E-state index >= 15 is 0 Å². The maximum atomic E-state index is 11.8. The molecule has 0 aromatic heterocycles. The summed E-state index contributed by atoms with van der Waals surface area (Å²) in [5, 5.41) is 2.75. The molecule has 2 rings (SSSR count). The second kappa shape index (κ2) is 6.26. The third-order valence-electron chi connectivity index (χ3n) is 2.63. The minimum Gasteiger partial charge on any atom is -0.399 e. The van der Waals surface area contributed by atoms with Gasteiger partial charge in [0, 0.05) is 23.0 Å². The molecule has 0 aliphatic rings. The molecule has 0 aliphatic carbocycles. The fraction of sp³-hybridized carbons (Fsp3) is 0. The smallest absolute Gasteiger partial charge is 0.248 e. The molecule has 1 amide bonds. The zero-order chi connectivity index (χ0) is 14.4. The molecule has 0 radical (unpaired) electrons. The van der Waals surface area contributed by atoms with E-state index in [0.29, 0.717) is 11.4 Å². The summed E-state index contributed by atoms with van der Waals surface area (Å²) in [5.74, 6) is 2.30. The molecule has 3 N–H and O–H groups in total. The zero-order valence-electron chi connectivity index (χ0n) is 10.8. The summed E-state index contributed by atoms with van der Waals surface area (Å²) in [7, 11) is 0. The largest absolute Gasteiger partial charge is 0.399 e. The molecule has 0 saturated carbocycles. The summed E-state index contributed by atoms with van der Waals surface area (Å²) in [6.45, 7) is 0. The molecule has 0 aliphatic heterocycles. The molecule has 3 heteroatoms. The van der Waals surface area contributed by atoms with Crippen LogP contribution < -0.4 is 11.1 Å². The van der Waals surface area contributed by atoms with Gasteiger partial charge in [0.2, 0.25) is 5.91 Å². The Labute approximate surface area is 118 Å². The lowest BCUT2D eigenvalue weighted by Gasteiger charge is -2.02. The van der Waals surface area contributed by atoms with E-state index in [4.69, 9.17) is 12.2 Å². The van der Waals surface area contributed by atoms with Gasteiger partial charge in [0.1, 0.15) is 0 Å². The van der Waals surface area contributed by atoms with Gasteiger partial charge in [-0.05, 0) is 42.0 Å². The fourth-order valence-corrected chi connectivity index (χ4v) is 1.71. The van der Waals surface area contributed by atoms with Gasteiger partial charge in [0.25, 0.3) is 0 Å². The predicted octanol–water partition coefficient (Wildman–Crippen LogP) is 2.90. The number of rotatable bonds is 3. The van der Waals surface area contributed by atoms with E-state index in [9.17, 15) is 4.79 Å². The number of terminal acetylenes is 1. The van der Waals surface area contributed by atoms with Crippen molar-refractivity contribution >= 4 is 23.4 Å². The molecule has 0 saturated heterocycles. The third-order valence-corrected chi connectivity index (χ3v) is 2.63. The second-order valence-corrected chi connectivity index (χ2v) is 4.22. The number of benzene rings is 2. The highest BCUT2D eigenvalue weighted by molar-refractivity contribution is 6.02. The number of carbonyl (C=O) groups is 1. The highest BCUT2D eigenvalue weighted by Crippen LogP contribution is 2.11. The summed E-state index contributed by atoms with van der Waals surface area (Å²) in [5.41, 5.74) is 8.60. The Morgan fingerprint density at radius 2 is 2.00 bits per heavy atom. The van der Waals surface area contributed by atoms with Crippen molar-refractivity contribution in [2.24, 2.45) is 0 Å². The molecule has 0 heterocycles. The summed E-state index contributed by atoms with van der Waals surface area (Å²) in [4.78, 5) is 11.8. The number of carbonyl (C=O) groups excluding carboxylic acids is 1. The first kappa shape index (κ1) is 13.4. The van der Waals surface area contributed by atoms with Crippen LogP contribution in [-0.2, 0) is 4.79 Å². The van der Waals surface area contributed by atoms with Gasteiger partial charge < -0.3 is 11.1 Å². The van der Waals surface area contributed by atoms with E-state index < -0.39 is 0 Å². The Bertz CT molecular complexity index is 696. The van der Waals surface area contributed by atoms with Crippen LogP contribution in [0, 0.1) is 12.3 Å². The number of nitrogen functional groups attached to an aromatic ring is 1. The van der Waals surface area contributed by atoms with E-state index in [-0.39, 0.29) is 5.91 Å². The zero-order valence-corrected chi connectivity index (χ0v) is 10.8. The van der Waals surface area contributed by atoms with Crippen LogP contribution in [0.15, 0.2) is 54.6 Å². The van der Waals surface area contributed by atoms with Crippen LogP contribution in [0.5, 0.6) is 0 Å². The second-order valence-electron chi connectivity index (χ2n) is 4.22. The Kier molecular flexibility index (Phi) is 4.21. The maximum Gasteiger partial charge on any atom is 0.248 e. The fourth-order valence-electron chi connectivity index (χ4n) is 1.71.